The highest BCUT2D eigenvalue weighted by atomic mass is 35.5. The van der Waals surface area contributed by atoms with Crippen LogP contribution in [0.2, 0.25) is 5.02 Å². The van der Waals surface area contributed by atoms with Gasteiger partial charge in [-0.1, -0.05) is 38.8 Å². The minimum absolute atomic E-state index is 0.0195. The molecule has 0 saturated heterocycles. The topological polar surface area (TPSA) is 29.9 Å². The van der Waals surface area contributed by atoms with Crippen molar-refractivity contribution >= 4 is 11.6 Å². The summed E-state index contributed by atoms with van der Waals surface area (Å²) in [6, 6.07) is 0.887. The summed E-state index contributed by atoms with van der Waals surface area (Å²) < 4.78 is 2.10. The zero-order chi connectivity index (χ0) is 15.8. The Kier molecular flexibility index (Phi) is 5.04. The first-order valence-corrected chi connectivity index (χ1v) is 8.57. The first-order valence-electron chi connectivity index (χ1n) is 8.19. The van der Waals surface area contributed by atoms with E-state index in [0.29, 0.717) is 18.0 Å². The maximum absolute atomic E-state index is 6.51. The number of aromatic nitrogens is 2. The highest BCUT2D eigenvalue weighted by Crippen LogP contribution is 2.44. The third-order valence-electron chi connectivity index (χ3n) is 5.26. The highest BCUT2D eigenvalue weighted by Gasteiger charge is 2.42. The van der Waals surface area contributed by atoms with Crippen molar-refractivity contribution in [2.45, 2.75) is 71.4 Å². The van der Waals surface area contributed by atoms with Crippen molar-refractivity contribution in [3.05, 3.63) is 16.9 Å². The van der Waals surface area contributed by atoms with Crippen molar-refractivity contribution in [3.63, 3.8) is 0 Å². The van der Waals surface area contributed by atoms with Crippen LogP contribution in [-0.4, -0.2) is 22.9 Å². The van der Waals surface area contributed by atoms with Crippen molar-refractivity contribution in [1.29, 1.82) is 0 Å². The van der Waals surface area contributed by atoms with E-state index in [0.717, 1.165) is 10.9 Å². The summed E-state index contributed by atoms with van der Waals surface area (Å²) in [5, 5.41) is 8.86. The van der Waals surface area contributed by atoms with Gasteiger partial charge in [0.1, 0.15) is 0 Å². The largest absolute Gasteiger partial charge is 0.317 e. The molecule has 0 aromatic carbocycles. The van der Waals surface area contributed by atoms with Gasteiger partial charge in [0.2, 0.25) is 0 Å². The minimum atomic E-state index is 0.0195. The Balaban J connectivity index is 2.39. The molecule has 1 heterocycles. The van der Waals surface area contributed by atoms with Crippen LogP contribution in [0.3, 0.4) is 0 Å². The van der Waals surface area contributed by atoms with E-state index in [1.807, 2.05) is 0 Å². The minimum Gasteiger partial charge on any atom is -0.317 e. The lowest BCUT2D eigenvalue weighted by Gasteiger charge is -2.44. The molecule has 0 radical (unpaired) electrons. The highest BCUT2D eigenvalue weighted by molar-refractivity contribution is 6.31. The van der Waals surface area contributed by atoms with Gasteiger partial charge in [-0.2, -0.15) is 5.10 Å². The first kappa shape index (κ1) is 16.8. The maximum atomic E-state index is 6.51. The predicted molar refractivity (Wildman–Crippen MR) is 90.0 cm³/mol. The lowest BCUT2D eigenvalue weighted by molar-refractivity contribution is 0.144. The normalized spacial score (nSPS) is 27.3. The van der Waals surface area contributed by atoms with E-state index < -0.39 is 0 Å². The summed E-state index contributed by atoms with van der Waals surface area (Å²) in [6.45, 7) is 11.4. The molecule has 4 heteroatoms. The predicted octanol–water partition coefficient (Wildman–Crippen LogP) is 4.42. The molecule has 0 spiro atoms. The van der Waals surface area contributed by atoms with E-state index in [-0.39, 0.29) is 5.41 Å². The standard InChI is InChI=1S/C17H30ClN3/c1-11(2)21-16(14(18)10-20-21)17(4,5)13-8-7-12(3)9-15(13)19-6/h10-13,15,19H,7-9H2,1-6H3. The number of hydrogen-bond acceptors (Lipinski definition) is 2. The van der Waals surface area contributed by atoms with Gasteiger partial charge in [-0.05, 0) is 45.6 Å². The van der Waals surface area contributed by atoms with Crippen molar-refractivity contribution in [1.82, 2.24) is 15.1 Å². The third-order valence-corrected chi connectivity index (χ3v) is 5.54. The summed E-state index contributed by atoms with van der Waals surface area (Å²) in [6.07, 6.45) is 5.61. The number of hydrogen-bond donors (Lipinski definition) is 1. The van der Waals surface area contributed by atoms with Crippen molar-refractivity contribution in [2.24, 2.45) is 11.8 Å². The van der Waals surface area contributed by atoms with Crippen LogP contribution < -0.4 is 5.32 Å². The van der Waals surface area contributed by atoms with Gasteiger partial charge in [-0.25, -0.2) is 0 Å². The van der Waals surface area contributed by atoms with E-state index >= 15 is 0 Å². The van der Waals surface area contributed by atoms with Crippen LogP contribution in [-0.2, 0) is 5.41 Å². The van der Waals surface area contributed by atoms with Crippen molar-refractivity contribution in [3.8, 4) is 0 Å². The van der Waals surface area contributed by atoms with Crippen molar-refractivity contribution in [2.75, 3.05) is 7.05 Å². The van der Waals surface area contributed by atoms with Crippen LogP contribution in [0.5, 0.6) is 0 Å². The Bertz CT molecular complexity index is 478. The number of nitrogens with one attached hydrogen (secondary N) is 1. The fourth-order valence-corrected chi connectivity index (χ4v) is 4.45. The summed E-state index contributed by atoms with van der Waals surface area (Å²) >= 11 is 6.51. The molecule has 120 valence electrons. The summed E-state index contributed by atoms with van der Waals surface area (Å²) in [7, 11) is 2.09. The molecule has 1 aliphatic rings. The summed E-state index contributed by atoms with van der Waals surface area (Å²) in [5.41, 5.74) is 1.21. The van der Waals surface area contributed by atoms with Gasteiger partial charge in [0.05, 0.1) is 16.9 Å². The summed E-state index contributed by atoms with van der Waals surface area (Å²) in [4.78, 5) is 0. The maximum Gasteiger partial charge on any atom is 0.0823 e. The van der Waals surface area contributed by atoms with Gasteiger partial charge >= 0.3 is 0 Å². The van der Waals surface area contributed by atoms with Crippen LogP contribution >= 0.6 is 11.6 Å². The Morgan fingerprint density at radius 3 is 2.62 bits per heavy atom. The molecule has 3 atom stereocenters. The Morgan fingerprint density at radius 2 is 2.05 bits per heavy atom. The number of halogens is 1. The van der Waals surface area contributed by atoms with Crippen LogP contribution in [0.25, 0.3) is 0 Å². The Morgan fingerprint density at radius 1 is 1.38 bits per heavy atom. The van der Waals surface area contributed by atoms with Gasteiger partial charge in [0.15, 0.2) is 0 Å². The fourth-order valence-electron chi connectivity index (χ4n) is 4.08. The average molecular weight is 312 g/mol. The molecule has 0 aliphatic heterocycles. The molecule has 1 aromatic rings. The summed E-state index contributed by atoms with van der Waals surface area (Å²) in [5.74, 6) is 1.39. The molecule has 0 bridgehead atoms. The zero-order valence-electron chi connectivity index (χ0n) is 14.3. The van der Waals surface area contributed by atoms with Gasteiger partial charge < -0.3 is 5.32 Å². The van der Waals surface area contributed by atoms with E-state index in [1.54, 1.807) is 6.20 Å². The van der Waals surface area contributed by atoms with Crippen LogP contribution in [0.4, 0.5) is 0 Å². The molecule has 2 rings (SSSR count). The fraction of sp³-hybridized carbons (Fsp3) is 0.824. The Labute approximate surface area is 134 Å². The molecule has 1 aromatic heterocycles. The van der Waals surface area contributed by atoms with E-state index in [2.05, 4.69) is 56.8 Å². The molecule has 1 N–H and O–H groups in total. The second-order valence-electron chi connectivity index (χ2n) is 7.52. The van der Waals surface area contributed by atoms with Gasteiger partial charge in [0, 0.05) is 17.5 Å². The van der Waals surface area contributed by atoms with E-state index in [1.165, 1.54) is 25.0 Å². The molecule has 1 aliphatic carbocycles. The number of nitrogens with zero attached hydrogens (tertiary/aromatic N) is 2. The second kappa shape index (κ2) is 6.29. The molecule has 1 saturated carbocycles. The molecule has 3 unspecified atom stereocenters. The van der Waals surface area contributed by atoms with Crippen LogP contribution in [0.1, 0.15) is 65.6 Å². The van der Waals surface area contributed by atoms with E-state index in [4.69, 9.17) is 11.6 Å². The SMILES string of the molecule is CNC1CC(C)CCC1C(C)(C)c1c(Cl)cnn1C(C)C. The Hall–Kier alpha value is -0.540. The van der Waals surface area contributed by atoms with E-state index in [9.17, 15) is 0 Å². The van der Waals surface area contributed by atoms with Crippen LogP contribution in [0, 0.1) is 11.8 Å². The van der Waals surface area contributed by atoms with Gasteiger partial charge in [-0.3, -0.25) is 4.68 Å². The monoisotopic (exact) mass is 311 g/mol. The molecule has 3 nitrogen and oxygen atoms in total. The number of rotatable bonds is 4. The molecule has 1 fully saturated rings. The molecule has 0 amide bonds. The van der Waals surface area contributed by atoms with Gasteiger partial charge in [0.25, 0.3) is 0 Å². The molecular weight excluding hydrogens is 282 g/mol. The smallest absolute Gasteiger partial charge is 0.0823 e. The van der Waals surface area contributed by atoms with Crippen LogP contribution in [0.15, 0.2) is 6.20 Å². The quantitative estimate of drug-likeness (QED) is 0.892. The third kappa shape index (κ3) is 3.14. The first-order chi connectivity index (χ1) is 9.78. The van der Waals surface area contributed by atoms with Crippen molar-refractivity contribution < 1.29 is 0 Å². The molecule has 21 heavy (non-hydrogen) atoms. The lowest BCUT2D eigenvalue weighted by Crippen LogP contribution is -2.48. The van der Waals surface area contributed by atoms with Gasteiger partial charge in [-0.15, -0.1) is 0 Å². The molecular formula is C17H30ClN3. The average Bonchev–Trinajstić information content (AvgIpc) is 2.81. The second-order valence-corrected chi connectivity index (χ2v) is 7.93. The lowest BCUT2D eigenvalue weighted by atomic mass is 9.65. The zero-order valence-corrected chi connectivity index (χ0v) is 15.0.